The molecule has 0 aliphatic rings. The van der Waals surface area contributed by atoms with Crippen LogP contribution in [0.15, 0.2) is 60.7 Å². The molecule has 87 valence electrons. The van der Waals surface area contributed by atoms with Crippen molar-refractivity contribution in [2.24, 2.45) is 0 Å². The smallest absolute Gasteiger partial charge is 0.0130 e. The van der Waals surface area contributed by atoms with Gasteiger partial charge in [0.15, 0.2) is 0 Å². The lowest BCUT2D eigenvalue weighted by Crippen LogP contribution is -2.00. The summed E-state index contributed by atoms with van der Waals surface area (Å²) in [6, 6.07) is 21.4. The molecule has 0 saturated carbocycles. The van der Waals surface area contributed by atoms with Crippen LogP contribution in [0.25, 0.3) is 0 Å². The van der Waals surface area contributed by atoms with E-state index in [0.717, 1.165) is 12.8 Å². The molecule has 0 nitrogen and oxygen atoms in total. The van der Waals surface area contributed by atoms with Gasteiger partial charge in [-0.1, -0.05) is 67.6 Å². The Hall–Kier alpha value is -1.56. The Morgan fingerprint density at radius 3 is 2.06 bits per heavy atom. The topological polar surface area (TPSA) is 0 Å². The van der Waals surface area contributed by atoms with Crippen molar-refractivity contribution in [1.29, 1.82) is 0 Å². The zero-order valence-corrected chi connectivity index (χ0v) is 10.3. The first kappa shape index (κ1) is 11.9. The minimum Gasteiger partial charge on any atom is -0.0648 e. The van der Waals surface area contributed by atoms with Gasteiger partial charge in [-0.15, -0.1) is 0 Å². The number of benzene rings is 2. The van der Waals surface area contributed by atoms with Gasteiger partial charge in [0.2, 0.25) is 0 Å². The standard InChI is InChI=1S/C17H19/c1-2-16(17-11-7-4-8-12-17)14-13-15-9-5-3-6-10-15/h3-12,14,16H,2,13H2,1H3. The Morgan fingerprint density at radius 2 is 1.47 bits per heavy atom. The van der Waals surface area contributed by atoms with Gasteiger partial charge in [0.1, 0.15) is 0 Å². The minimum absolute atomic E-state index is 0.566. The van der Waals surface area contributed by atoms with E-state index in [1.54, 1.807) is 0 Å². The molecule has 0 heterocycles. The molecule has 1 unspecified atom stereocenters. The molecule has 2 aromatic carbocycles. The predicted octanol–water partition coefficient (Wildman–Crippen LogP) is 4.63. The molecule has 0 spiro atoms. The number of hydrogen-bond donors (Lipinski definition) is 0. The first-order valence-electron chi connectivity index (χ1n) is 6.32. The van der Waals surface area contributed by atoms with Gasteiger partial charge in [0.25, 0.3) is 0 Å². The Kier molecular flexibility index (Phi) is 4.37. The summed E-state index contributed by atoms with van der Waals surface area (Å²) in [6.07, 6.45) is 4.63. The third-order valence-electron chi connectivity index (χ3n) is 3.15. The third-order valence-corrected chi connectivity index (χ3v) is 3.15. The Balaban J connectivity index is 1.97. The van der Waals surface area contributed by atoms with E-state index < -0.39 is 0 Å². The highest BCUT2D eigenvalue weighted by molar-refractivity contribution is 5.24. The van der Waals surface area contributed by atoms with Crippen LogP contribution in [0.4, 0.5) is 0 Å². The third kappa shape index (κ3) is 3.45. The summed E-state index contributed by atoms with van der Waals surface area (Å²) >= 11 is 0. The van der Waals surface area contributed by atoms with E-state index in [2.05, 4.69) is 74.0 Å². The van der Waals surface area contributed by atoms with Gasteiger partial charge in [-0.25, -0.2) is 0 Å². The van der Waals surface area contributed by atoms with Crippen LogP contribution < -0.4 is 0 Å². The van der Waals surface area contributed by atoms with Crippen molar-refractivity contribution in [1.82, 2.24) is 0 Å². The molecule has 0 aliphatic carbocycles. The van der Waals surface area contributed by atoms with E-state index in [0.29, 0.717) is 5.92 Å². The van der Waals surface area contributed by atoms with E-state index in [1.165, 1.54) is 11.1 Å². The highest BCUT2D eigenvalue weighted by Crippen LogP contribution is 2.23. The number of hydrogen-bond acceptors (Lipinski definition) is 0. The molecule has 0 heteroatoms. The number of rotatable bonds is 5. The maximum Gasteiger partial charge on any atom is -0.0130 e. The van der Waals surface area contributed by atoms with E-state index in [1.807, 2.05) is 0 Å². The lowest BCUT2D eigenvalue weighted by Gasteiger charge is -2.14. The van der Waals surface area contributed by atoms with Crippen LogP contribution in [0, 0.1) is 6.42 Å². The summed E-state index contributed by atoms with van der Waals surface area (Å²) in [5.41, 5.74) is 2.81. The normalized spacial score (nSPS) is 12.3. The molecule has 2 rings (SSSR count). The van der Waals surface area contributed by atoms with Gasteiger partial charge >= 0.3 is 0 Å². The van der Waals surface area contributed by atoms with Crippen molar-refractivity contribution >= 4 is 0 Å². The second-order valence-corrected chi connectivity index (χ2v) is 4.35. The molecule has 0 aromatic heterocycles. The molecular weight excluding hydrogens is 204 g/mol. The molecule has 0 N–H and O–H groups in total. The van der Waals surface area contributed by atoms with E-state index in [-0.39, 0.29) is 0 Å². The minimum atomic E-state index is 0.566. The molecule has 0 aliphatic heterocycles. The van der Waals surface area contributed by atoms with E-state index >= 15 is 0 Å². The summed E-state index contributed by atoms with van der Waals surface area (Å²) < 4.78 is 0. The van der Waals surface area contributed by atoms with Gasteiger partial charge in [0, 0.05) is 0 Å². The van der Waals surface area contributed by atoms with E-state index in [4.69, 9.17) is 0 Å². The lowest BCUT2D eigenvalue weighted by atomic mass is 9.90. The van der Waals surface area contributed by atoms with Crippen LogP contribution in [0.5, 0.6) is 0 Å². The summed E-state index contributed by atoms with van der Waals surface area (Å²) in [4.78, 5) is 0. The second kappa shape index (κ2) is 6.24. The Morgan fingerprint density at radius 1 is 0.882 bits per heavy atom. The molecule has 17 heavy (non-hydrogen) atoms. The average Bonchev–Trinajstić information content (AvgIpc) is 2.42. The Bertz CT molecular complexity index is 416. The average molecular weight is 223 g/mol. The second-order valence-electron chi connectivity index (χ2n) is 4.35. The first-order chi connectivity index (χ1) is 8.40. The molecule has 1 radical (unpaired) electrons. The van der Waals surface area contributed by atoms with Gasteiger partial charge in [-0.05, 0) is 36.3 Å². The monoisotopic (exact) mass is 223 g/mol. The first-order valence-corrected chi connectivity index (χ1v) is 6.32. The summed E-state index contributed by atoms with van der Waals surface area (Å²) in [5.74, 6) is 0.566. The van der Waals surface area contributed by atoms with Crippen molar-refractivity contribution in [2.75, 3.05) is 0 Å². The fourth-order valence-corrected chi connectivity index (χ4v) is 2.13. The van der Waals surface area contributed by atoms with Crippen molar-refractivity contribution in [3.8, 4) is 0 Å². The van der Waals surface area contributed by atoms with Crippen molar-refractivity contribution in [2.45, 2.75) is 25.7 Å². The highest BCUT2D eigenvalue weighted by atomic mass is 14.1. The fraction of sp³-hybridized carbons (Fsp3) is 0.235. The maximum atomic E-state index is 2.42. The molecule has 0 saturated heterocycles. The zero-order valence-electron chi connectivity index (χ0n) is 10.3. The lowest BCUT2D eigenvalue weighted by molar-refractivity contribution is 0.730. The molecule has 2 aromatic rings. The van der Waals surface area contributed by atoms with E-state index in [9.17, 15) is 0 Å². The van der Waals surface area contributed by atoms with Crippen LogP contribution >= 0.6 is 0 Å². The predicted molar refractivity (Wildman–Crippen MR) is 73.9 cm³/mol. The largest absolute Gasteiger partial charge is 0.0648 e. The van der Waals surface area contributed by atoms with Gasteiger partial charge < -0.3 is 0 Å². The molecule has 1 atom stereocenters. The van der Waals surface area contributed by atoms with Crippen LogP contribution in [-0.4, -0.2) is 0 Å². The highest BCUT2D eigenvalue weighted by Gasteiger charge is 2.08. The fourth-order valence-electron chi connectivity index (χ4n) is 2.13. The van der Waals surface area contributed by atoms with Crippen molar-refractivity contribution in [3.63, 3.8) is 0 Å². The Labute approximate surface area is 104 Å². The van der Waals surface area contributed by atoms with Crippen LogP contribution in [0.1, 0.15) is 30.4 Å². The summed E-state index contributed by atoms with van der Waals surface area (Å²) in [7, 11) is 0. The molecule has 0 fully saturated rings. The van der Waals surface area contributed by atoms with Gasteiger partial charge in [-0.2, -0.15) is 0 Å². The molecule has 0 amide bonds. The summed E-state index contributed by atoms with van der Waals surface area (Å²) in [5, 5.41) is 0. The maximum absolute atomic E-state index is 2.42. The SMILES string of the molecule is CCC([CH]Cc1ccccc1)c1ccccc1. The van der Waals surface area contributed by atoms with Crippen molar-refractivity contribution in [3.05, 3.63) is 78.2 Å². The zero-order chi connectivity index (χ0) is 11.9. The quantitative estimate of drug-likeness (QED) is 0.693. The van der Waals surface area contributed by atoms with Crippen LogP contribution in [-0.2, 0) is 6.42 Å². The van der Waals surface area contributed by atoms with Crippen molar-refractivity contribution < 1.29 is 0 Å². The van der Waals surface area contributed by atoms with Gasteiger partial charge in [-0.3, -0.25) is 0 Å². The van der Waals surface area contributed by atoms with Crippen LogP contribution in [0.3, 0.4) is 0 Å². The molecule has 0 bridgehead atoms. The van der Waals surface area contributed by atoms with Gasteiger partial charge in [0.05, 0.1) is 0 Å². The summed E-state index contributed by atoms with van der Waals surface area (Å²) in [6.45, 7) is 2.25. The van der Waals surface area contributed by atoms with Crippen LogP contribution in [0.2, 0.25) is 0 Å². The molecular formula is C17H19.